The topological polar surface area (TPSA) is 35.5 Å². The standard InChI is InChI=1S/C12H11BrO3/c13-10-7-9(3-1-4-14)8-11-12(10)16-6-2-5-15-11/h1,3-4,7-8H,2,5-6H2. The lowest BCUT2D eigenvalue weighted by molar-refractivity contribution is -0.104. The molecule has 0 radical (unpaired) electrons. The smallest absolute Gasteiger partial charge is 0.175 e. The van der Waals surface area contributed by atoms with E-state index in [0.717, 1.165) is 34.2 Å². The molecule has 3 nitrogen and oxygen atoms in total. The minimum Gasteiger partial charge on any atom is -0.489 e. The molecule has 4 heteroatoms. The summed E-state index contributed by atoms with van der Waals surface area (Å²) < 4.78 is 12.0. The minimum atomic E-state index is 0.653. The summed E-state index contributed by atoms with van der Waals surface area (Å²) in [5.41, 5.74) is 0.906. The van der Waals surface area contributed by atoms with Crippen LogP contribution in [0.5, 0.6) is 11.5 Å². The highest BCUT2D eigenvalue weighted by Gasteiger charge is 2.14. The molecule has 0 aromatic heterocycles. The number of hydrogen-bond acceptors (Lipinski definition) is 3. The van der Waals surface area contributed by atoms with E-state index in [0.29, 0.717) is 13.2 Å². The maximum atomic E-state index is 10.3. The molecule has 0 spiro atoms. The Morgan fingerprint density at radius 2 is 2.06 bits per heavy atom. The monoisotopic (exact) mass is 282 g/mol. The molecule has 0 unspecified atom stereocenters. The summed E-state index contributed by atoms with van der Waals surface area (Å²) in [5.74, 6) is 1.46. The van der Waals surface area contributed by atoms with Gasteiger partial charge in [0.15, 0.2) is 11.5 Å². The van der Waals surface area contributed by atoms with Gasteiger partial charge in [-0.25, -0.2) is 0 Å². The molecule has 0 atom stereocenters. The van der Waals surface area contributed by atoms with E-state index in [1.54, 1.807) is 6.08 Å². The van der Waals surface area contributed by atoms with Gasteiger partial charge in [-0.2, -0.15) is 0 Å². The van der Waals surface area contributed by atoms with Crippen molar-refractivity contribution >= 4 is 28.3 Å². The van der Waals surface area contributed by atoms with Crippen LogP contribution < -0.4 is 9.47 Å². The zero-order chi connectivity index (χ0) is 11.4. The fourth-order valence-corrected chi connectivity index (χ4v) is 2.07. The van der Waals surface area contributed by atoms with E-state index < -0.39 is 0 Å². The number of allylic oxidation sites excluding steroid dienone is 1. The Balaban J connectivity index is 2.39. The Morgan fingerprint density at radius 1 is 1.25 bits per heavy atom. The number of fused-ring (bicyclic) bond motifs is 1. The van der Waals surface area contributed by atoms with Crippen molar-refractivity contribution in [3.05, 3.63) is 28.2 Å². The van der Waals surface area contributed by atoms with E-state index >= 15 is 0 Å². The van der Waals surface area contributed by atoms with Crippen molar-refractivity contribution in [2.24, 2.45) is 0 Å². The lowest BCUT2D eigenvalue weighted by atomic mass is 10.2. The van der Waals surface area contributed by atoms with Crippen molar-refractivity contribution in [2.45, 2.75) is 6.42 Å². The average molecular weight is 283 g/mol. The molecule has 0 saturated heterocycles. The lowest BCUT2D eigenvalue weighted by Crippen LogP contribution is -1.97. The van der Waals surface area contributed by atoms with Crippen LogP contribution in [0, 0.1) is 0 Å². The van der Waals surface area contributed by atoms with E-state index in [4.69, 9.17) is 9.47 Å². The van der Waals surface area contributed by atoms with Gasteiger partial charge in [0.1, 0.15) is 6.29 Å². The molecular formula is C12H11BrO3. The molecule has 1 aliphatic heterocycles. The van der Waals surface area contributed by atoms with Gasteiger partial charge in [-0.3, -0.25) is 4.79 Å². The van der Waals surface area contributed by atoms with Gasteiger partial charge in [0.2, 0.25) is 0 Å². The van der Waals surface area contributed by atoms with Crippen molar-refractivity contribution in [3.63, 3.8) is 0 Å². The predicted molar refractivity (Wildman–Crippen MR) is 64.8 cm³/mol. The van der Waals surface area contributed by atoms with E-state index in [9.17, 15) is 4.79 Å². The quantitative estimate of drug-likeness (QED) is 0.618. The third-order valence-electron chi connectivity index (χ3n) is 2.19. The molecule has 2 rings (SSSR count). The molecule has 1 heterocycles. The van der Waals surface area contributed by atoms with Crippen molar-refractivity contribution in [3.8, 4) is 11.5 Å². The number of ether oxygens (including phenoxy) is 2. The van der Waals surface area contributed by atoms with E-state index in [1.807, 2.05) is 12.1 Å². The Labute approximate surface area is 102 Å². The molecule has 1 aliphatic rings. The van der Waals surface area contributed by atoms with Crippen LogP contribution in [0.25, 0.3) is 6.08 Å². The molecule has 0 aliphatic carbocycles. The minimum absolute atomic E-state index is 0.653. The molecule has 84 valence electrons. The molecular weight excluding hydrogens is 272 g/mol. The summed E-state index contributed by atoms with van der Waals surface area (Å²) in [6.45, 7) is 1.31. The second-order valence-corrected chi connectivity index (χ2v) is 4.23. The Kier molecular flexibility index (Phi) is 3.62. The maximum absolute atomic E-state index is 10.3. The van der Waals surface area contributed by atoms with E-state index in [1.165, 1.54) is 6.08 Å². The van der Waals surface area contributed by atoms with Gasteiger partial charge in [0, 0.05) is 6.42 Å². The predicted octanol–water partition coefficient (Wildman–Crippen LogP) is 2.82. The van der Waals surface area contributed by atoms with Gasteiger partial charge in [-0.1, -0.05) is 6.08 Å². The van der Waals surface area contributed by atoms with Gasteiger partial charge in [-0.05, 0) is 39.7 Å². The SMILES string of the molecule is O=CC=Cc1cc(Br)c2c(c1)OCCCO2. The van der Waals surface area contributed by atoms with Crippen LogP contribution in [-0.4, -0.2) is 19.5 Å². The molecule has 0 saturated carbocycles. The first-order chi connectivity index (χ1) is 7.81. The maximum Gasteiger partial charge on any atom is 0.175 e. The van der Waals surface area contributed by atoms with Crippen LogP contribution in [0.4, 0.5) is 0 Å². The van der Waals surface area contributed by atoms with Gasteiger partial charge in [0.25, 0.3) is 0 Å². The summed E-state index contributed by atoms with van der Waals surface area (Å²) in [5, 5.41) is 0. The molecule has 0 bridgehead atoms. The van der Waals surface area contributed by atoms with Crippen LogP contribution in [0.15, 0.2) is 22.7 Å². The second-order valence-electron chi connectivity index (χ2n) is 3.38. The zero-order valence-electron chi connectivity index (χ0n) is 8.61. The number of benzene rings is 1. The fraction of sp³-hybridized carbons (Fsp3) is 0.250. The number of hydrogen-bond donors (Lipinski definition) is 0. The number of aldehydes is 1. The number of halogens is 1. The lowest BCUT2D eigenvalue weighted by Gasteiger charge is -2.10. The van der Waals surface area contributed by atoms with E-state index in [2.05, 4.69) is 15.9 Å². The normalized spacial score (nSPS) is 14.8. The van der Waals surface area contributed by atoms with Crippen LogP contribution in [0.2, 0.25) is 0 Å². The van der Waals surface area contributed by atoms with E-state index in [-0.39, 0.29) is 0 Å². The largest absolute Gasteiger partial charge is 0.489 e. The molecule has 0 N–H and O–H groups in total. The van der Waals surface area contributed by atoms with Crippen LogP contribution >= 0.6 is 15.9 Å². The highest BCUT2D eigenvalue weighted by molar-refractivity contribution is 9.10. The van der Waals surface area contributed by atoms with Gasteiger partial charge >= 0.3 is 0 Å². The Hall–Kier alpha value is -1.29. The number of carbonyl (C=O) groups is 1. The first-order valence-electron chi connectivity index (χ1n) is 5.02. The average Bonchev–Trinajstić information content (AvgIpc) is 2.51. The third-order valence-corrected chi connectivity index (χ3v) is 2.78. The molecule has 1 aromatic carbocycles. The summed E-state index contributed by atoms with van der Waals surface area (Å²) >= 11 is 3.43. The van der Waals surface area contributed by atoms with Gasteiger partial charge < -0.3 is 9.47 Å². The fourth-order valence-electron chi connectivity index (χ4n) is 1.50. The zero-order valence-corrected chi connectivity index (χ0v) is 10.2. The second kappa shape index (κ2) is 5.16. The van der Waals surface area contributed by atoms with Crippen LogP contribution in [0.3, 0.4) is 0 Å². The van der Waals surface area contributed by atoms with Crippen molar-refractivity contribution in [1.82, 2.24) is 0 Å². The summed E-state index contributed by atoms with van der Waals surface area (Å²) in [7, 11) is 0. The molecule has 16 heavy (non-hydrogen) atoms. The molecule has 1 aromatic rings. The third kappa shape index (κ3) is 2.44. The van der Waals surface area contributed by atoms with Crippen LogP contribution in [0.1, 0.15) is 12.0 Å². The summed E-state index contributed by atoms with van der Waals surface area (Å²) in [6, 6.07) is 3.76. The number of rotatable bonds is 2. The van der Waals surface area contributed by atoms with Crippen molar-refractivity contribution in [2.75, 3.05) is 13.2 Å². The Bertz CT molecular complexity index is 427. The number of carbonyl (C=O) groups excluding carboxylic acids is 1. The van der Waals surface area contributed by atoms with Crippen molar-refractivity contribution in [1.29, 1.82) is 0 Å². The molecule has 0 amide bonds. The molecule has 0 fully saturated rings. The summed E-state index contributed by atoms with van der Waals surface area (Å²) in [4.78, 5) is 10.3. The first-order valence-corrected chi connectivity index (χ1v) is 5.81. The summed E-state index contributed by atoms with van der Waals surface area (Å²) in [6.07, 6.45) is 4.80. The van der Waals surface area contributed by atoms with Crippen LogP contribution in [-0.2, 0) is 4.79 Å². The van der Waals surface area contributed by atoms with Crippen molar-refractivity contribution < 1.29 is 14.3 Å². The first kappa shape index (κ1) is 11.2. The Morgan fingerprint density at radius 3 is 2.88 bits per heavy atom. The highest BCUT2D eigenvalue weighted by atomic mass is 79.9. The van der Waals surface area contributed by atoms with Gasteiger partial charge in [0.05, 0.1) is 17.7 Å². The van der Waals surface area contributed by atoms with Gasteiger partial charge in [-0.15, -0.1) is 0 Å². The highest BCUT2D eigenvalue weighted by Crippen LogP contribution is 2.38.